The predicted octanol–water partition coefficient (Wildman–Crippen LogP) is 4.46. The van der Waals surface area contributed by atoms with E-state index in [0.29, 0.717) is 5.56 Å². The quantitative estimate of drug-likeness (QED) is 0.476. The zero-order valence-corrected chi connectivity index (χ0v) is 13.8. The van der Waals surface area contributed by atoms with Gasteiger partial charge < -0.3 is 0 Å². The number of rotatable bonds is 3. The third-order valence-corrected chi connectivity index (χ3v) is 4.57. The summed E-state index contributed by atoms with van der Waals surface area (Å²) in [6.45, 7) is 4.25. The second-order valence-corrected chi connectivity index (χ2v) is 6.40. The lowest BCUT2D eigenvalue weighted by atomic mass is 9.81. The minimum Gasteiger partial charge on any atom is -0.289 e. The van der Waals surface area contributed by atoms with Crippen LogP contribution < -0.4 is 0 Å². The van der Waals surface area contributed by atoms with E-state index in [-0.39, 0.29) is 16.9 Å². The molecule has 2 aromatic carbocycles. The summed E-state index contributed by atoms with van der Waals surface area (Å²) in [6, 6.07) is 11.9. The summed E-state index contributed by atoms with van der Waals surface area (Å²) in [6.07, 6.45) is 3.54. The Morgan fingerprint density at radius 1 is 1.12 bits per heavy atom. The van der Waals surface area contributed by atoms with Crippen LogP contribution in [-0.2, 0) is 10.5 Å². The molecule has 1 radical (unpaired) electrons. The zero-order chi connectivity index (χ0) is 17.5. The van der Waals surface area contributed by atoms with Crippen LogP contribution in [0.15, 0.2) is 48.5 Å². The Kier molecular flexibility index (Phi) is 3.72. The van der Waals surface area contributed by atoms with E-state index in [1.54, 1.807) is 6.08 Å². The number of allylic oxidation sites excluding steroid dienone is 1. The molecule has 1 aliphatic heterocycles. The fourth-order valence-electron chi connectivity index (χ4n) is 3.25. The van der Waals surface area contributed by atoms with Gasteiger partial charge in [0, 0.05) is 35.4 Å². The van der Waals surface area contributed by atoms with Crippen LogP contribution in [0.25, 0.3) is 6.08 Å². The van der Waals surface area contributed by atoms with Crippen LogP contribution in [-0.4, -0.2) is 22.3 Å². The highest BCUT2D eigenvalue weighted by molar-refractivity contribution is 6.05. The van der Waals surface area contributed by atoms with Gasteiger partial charge in [0.05, 0.1) is 10.3 Å². The van der Waals surface area contributed by atoms with Gasteiger partial charge in [0.15, 0.2) is 11.5 Å². The first-order valence-electron chi connectivity index (χ1n) is 7.66. The van der Waals surface area contributed by atoms with E-state index in [9.17, 15) is 15.2 Å². The Labute approximate surface area is 140 Å². The summed E-state index contributed by atoms with van der Waals surface area (Å²) in [5.74, 6) is -0.228. The number of para-hydroxylation sites is 1. The normalized spacial score (nSPS) is 15.8. The molecule has 0 unspecified atom stereocenters. The van der Waals surface area contributed by atoms with Crippen molar-refractivity contribution in [3.05, 3.63) is 69.8 Å². The SMILES string of the molecule is C[N+]1=C(/C=C/c2cc([N+](=O)[O-])ccc2[O])C(C)(C)c2ccccc21. The minimum atomic E-state index is -0.495. The average Bonchev–Trinajstić information content (AvgIpc) is 2.74. The van der Waals surface area contributed by atoms with Crippen molar-refractivity contribution in [2.75, 3.05) is 7.05 Å². The maximum atomic E-state index is 12.0. The van der Waals surface area contributed by atoms with Gasteiger partial charge in [-0.25, -0.2) is 0 Å². The van der Waals surface area contributed by atoms with Crippen LogP contribution in [0.4, 0.5) is 11.4 Å². The van der Waals surface area contributed by atoms with Crippen molar-refractivity contribution in [3.63, 3.8) is 0 Å². The topological polar surface area (TPSA) is 66.0 Å². The van der Waals surface area contributed by atoms with Gasteiger partial charge >= 0.3 is 0 Å². The first-order valence-corrected chi connectivity index (χ1v) is 7.66. The van der Waals surface area contributed by atoms with Crippen molar-refractivity contribution in [3.8, 4) is 5.75 Å². The fraction of sp³-hybridized carbons (Fsp3) is 0.211. The van der Waals surface area contributed by atoms with Crippen molar-refractivity contribution in [2.45, 2.75) is 19.3 Å². The molecule has 0 saturated heterocycles. The van der Waals surface area contributed by atoms with E-state index < -0.39 is 4.92 Å². The number of hydrogen-bond donors (Lipinski definition) is 0. The van der Waals surface area contributed by atoms with Crippen LogP contribution in [0.2, 0.25) is 0 Å². The first-order chi connectivity index (χ1) is 11.3. The van der Waals surface area contributed by atoms with Crippen molar-refractivity contribution < 1.29 is 14.6 Å². The van der Waals surface area contributed by atoms with Crippen molar-refractivity contribution in [1.82, 2.24) is 0 Å². The molecule has 24 heavy (non-hydrogen) atoms. The standard InChI is InChI=1S/C19H18N2O3/c1-19(2)15-6-4-5-7-16(15)20(3)18(19)11-8-13-12-14(21(23)24)9-10-17(13)22/h4-12H,1-3H3/q+1/b11-8+. The van der Waals surface area contributed by atoms with E-state index in [4.69, 9.17) is 0 Å². The summed E-state index contributed by atoms with van der Waals surface area (Å²) in [5.41, 5.74) is 3.41. The van der Waals surface area contributed by atoms with Crippen molar-refractivity contribution in [2.24, 2.45) is 0 Å². The van der Waals surface area contributed by atoms with Gasteiger partial charge in [-0.3, -0.25) is 15.2 Å². The molecule has 0 aromatic heterocycles. The second-order valence-electron chi connectivity index (χ2n) is 6.40. The van der Waals surface area contributed by atoms with Gasteiger partial charge in [-0.05, 0) is 26.0 Å². The molecule has 3 rings (SSSR count). The number of fused-ring (bicyclic) bond motifs is 1. The third kappa shape index (κ3) is 2.48. The highest BCUT2D eigenvalue weighted by Gasteiger charge is 2.42. The van der Waals surface area contributed by atoms with Crippen LogP contribution in [0.5, 0.6) is 5.75 Å². The van der Waals surface area contributed by atoms with E-state index in [1.807, 2.05) is 25.3 Å². The molecular weight excluding hydrogens is 304 g/mol. The average molecular weight is 322 g/mol. The second kappa shape index (κ2) is 5.60. The molecule has 1 aliphatic rings. The zero-order valence-electron chi connectivity index (χ0n) is 13.8. The molecule has 0 fully saturated rings. The van der Waals surface area contributed by atoms with Crippen molar-refractivity contribution in [1.29, 1.82) is 0 Å². The number of nitro benzene ring substituents is 1. The molecule has 0 saturated carbocycles. The summed E-state index contributed by atoms with van der Waals surface area (Å²) in [4.78, 5) is 10.4. The highest BCUT2D eigenvalue weighted by atomic mass is 16.6. The monoisotopic (exact) mass is 322 g/mol. The lowest BCUT2D eigenvalue weighted by Gasteiger charge is -2.15. The molecule has 5 heteroatoms. The Hall–Kier alpha value is -2.95. The maximum absolute atomic E-state index is 12.0. The lowest BCUT2D eigenvalue weighted by Crippen LogP contribution is -2.26. The molecule has 0 N–H and O–H groups in total. The summed E-state index contributed by atoms with van der Waals surface area (Å²) in [5, 5.41) is 22.9. The molecule has 0 aliphatic carbocycles. The van der Waals surface area contributed by atoms with Crippen LogP contribution in [0, 0.1) is 10.1 Å². The van der Waals surface area contributed by atoms with Gasteiger partial charge in [0.2, 0.25) is 5.69 Å². The largest absolute Gasteiger partial charge is 0.289 e. The van der Waals surface area contributed by atoms with E-state index >= 15 is 0 Å². The van der Waals surface area contributed by atoms with Crippen LogP contribution in [0.1, 0.15) is 25.0 Å². The number of nitrogens with zero attached hydrogens (tertiary/aromatic N) is 2. The number of hydrogen-bond acceptors (Lipinski definition) is 2. The molecule has 2 aromatic rings. The number of non-ortho nitro benzene ring substituents is 1. The summed E-state index contributed by atoms with van der Waals surface area (Å²) >= 11 is 0. The van der Waals surface area contributed by atoms with Gasteiger partial charge in [-0.1, -0.05) is 18.2 Å². The Morgan fingerprint density at radius 3 is 2.50 bits per heavy atom. The Balaban J connectivity index is 2.03. The number of nitro groups is 1. The Morgan fingerprint density at radius 2 is 1.83 bits per heavy atom. The van der Waals surface area contributed by atoms with E-state index in [1.165, 1.54) is 23.8 Å². The van der Waals surface area contributed by atoms with Gasteiger partial charge in [0.1, 0.15) is 7.05 Å². The molecule has 0 atom stereocenters. The molecule has 0 amide bonds. The lowest BCUT2D eigenvalue weighted by molar-refractivity contribution is -0.401. The minimum absolute atomic E-state index is 0.0819. The third-order valence-electron chi connectivity index (χ3n) is 4.57. The van der Waals surface area contributed by atoms with E-state index in [0.717, 1.165) is 11.4 Å². The van der Waals surface area contributed by atoms with Crippen molar-refractivity contribution >= 4 is 23.2 Å². The Bertz CT molecular complexity index is 895. The maximum Gasteiger partial charge on any atom is 0.270 e. The fourth-order valence-corrected chi connectivity index (χ4v) is 3.25. The van der Waals surface area contributed by atoms with Crippen LogP contribution >= 0.6 is 0 Å². The molecule has 0 spiro atoms. The molecule has 5 nitrogen and oxygen atoms in total. The van der Waals surface area contributed by atoms with Gasteiger partial charge in [-0.15, -0.1) is 0 Å². The number of benzene rings is 2. The highest BCUT2D eigenvalue weighted by Crippen LogP contribution is 2.39. The molecule has 0 bridgehead atoms. The van der Waals surface area contributed by atoms with Gasteiger partial charge in [0.25, 0.3) is 5.69 Å². The molecule has 1 heterocycles. The molecule has 121 valence electrons. The smallest absolute Gasteiger partial charge is 0.270 e. The first kappa shape index (κ1) is 15.9. The summed E-state index contributed by atoms with van der Waals surface area (Å²) < 4.78 is 2.09. The van der Waals surface area contributed by atoms with E-state index in [2.05, 4.69) is 30.6 Å². The van der Waals surface area contributed by atoms with Crippen LogP contribution in [0.3, 0.4) is 0 Å². The molecular formula is C19H18N2O3+. The summed E-state index contributed by atoms with van der Waals surface area (Å²) in [7, 11) is 1.98. The predicted molar refractivity (Wildman–Crippen MR) is 92.6 cm³/mol. The van der Waals surface area contributed by atoms with Gasteiger partial charge in [-0.2, -0.15) is 4.58 Å².